The second-order valence-electron chi connectivity index (χ2n) is 7.47. The van der Waals surface area contributed by atoms with Gasteiger partial charge in [-0.15, -0.1) is 0 Å². The summed E-state index contributed by atoms with van der Waals surface area (Å²) < 4.78 is 32.4. The Bertz CT molecular complexity index is 896. The maximum Gasteiger partial charge on any atom is 0.254 e. The Morgan fingerprint density at radius 2 is 1.87 bits per heavy atom. The highest BCUT2D eigenvalue weighted by Crippen LogP contribution is 2.17. The van der Waals surface area contributed by atoms with Crippen LogP contribution >= 0.6 is 0 Å². The van der Waals surface area contributed by atoms with Gasteiger partial charge in [0, 0.05) is 31.6 Å². The zero-order chi connectivity index (χ0) is 21.5. The Kier molecular flexibility index (Phi) is 7.38. The van der Waals surface area contributed by atoms with Gasteiger partial charge in [0.1, 0.15) is 17.4 Å². The van der Waals surface area contributed by atoms with E-state index < -0.39 is 17.5 Å². The van der Waals surface area contributed by atoms with E-state index in [2.05, 4.69) is 5.32 Å². The molecule has 1 saturated heterocycles. The monoisotopic (exact) mass is 416 g/mol. The lowest BCUT2D eigenvalue weighted by Gasteiger charge is -2.32. The number of nitrogens with zero attached hydrogens (tertiary/aromatic N) is 1. The van der Waals surface area contributed by atoms with Crippen molar-refractivity contribution >= 4 is 11.8 Å². The van der Waals surface area contributed by atoms with Crippen molar-refractivity contribution in [3.05, 3.63) is 65.2 Å². The molecule has 0 aromatic heterocycles. The van der Waals surface area contributed by atoms with Crippen molar-refractivity contribution in [2.75, 3.05) is 19.7 Å². The summed E-state index contributed by atoms with van der Waals surface area (Å²) in [6.45, 7) is 3.53. The summed E-state index contributed by atoms with van der Waals surface area (Å²) in [4.78, 5) is 26.4. The van der Waals surface area contributed by atoms with E-state index in [0.29, 0.717) is 51.4 Å². The molecule has 2 amide bonds. The number of piperidine rings is 1. The molecule has 2 aromatic rings. The summed E-state index contributed by atoms with van der Waals surface area (Å²) in [6.07, 6.45) is 2.23. The Morgan fingerprint density at radius 1 is 1.13 bits per heavy atom. The highest BCUT2D eigenvalue weighted by Gasteiger charge is 2.24. The van der Waals surface area contributed by atoms with Gasteiger partial charge in [-0.2, -0.15) is 0 Å². The van der Waals surface area contributed by atoms with Crippen molar-refractivity contribution < 1.29 is 23.1 Å². The molecule has 1 aliphatic heterocycles. The van der Waals surface area contributed by atoms with Crippen LogP contribution in [0.25, 0.3) is 0 Å². The molecule has 0 atom stereocenters. The summed E-state index contributed by atoms with van der Waals surface area (Å²) >= 11 is 0. The highest BCUT2D eigenvalue weighted by atomic mass is 19.1. The Hall–Kier alpha value is -2.96. The van der Waals surface area contributed by atoms with Crippen LogP contribution < -0.4 is 10.1 Å². The van der Waals surface area contributed by atoms with E-state index in [1.807, 2.05) is 31.2 Å². The fourth-order valence-electron chi connectivity index (χ4n) is 3.49. The first-order valence-electron chi connectivity index (χ1n) is 10.2. The number of amides is 2. The van der Waals surface area contributed by atoms with Crippen LogP contribution in [-0.2, 0) is 4.79 Å². The van der Waals surface area contributed by atoms with E-state index >= 15 is 0 Å². The molecule has 1 aliphatic rings. The molecule has 3 rings (SSSR count). The normalized spacial score (nSPS) is 14.4. The van der Waals surface area contributed by atoms with Gasteiger partial charge in [0.2, 0.25) is 5.91 Å². The number of rotatable bonds is 7. The molecule has 0 spiro atoms. The molecule has 1 fully saturated rings. The minimum Gasteiger partial charge on any atom is -0.493 e. The smallest absolute Gasteiger partial charge is 0.254 e. The molecule has 0 radical (unpaired) electrons. The first-order chi connectivity index (χ1) is 14.4. The number of hydrogen-bond acceptors (Lipinski definition) is 3. The summed E-state index contributed by atoms with van der Waals surface area (Å²) in [6, 6.07) is 10.5. The van der Waals surface area contributed by atoms with Gasteiger partial charge in [-0.05, 0) is 49.9 Å². The Balaban J connectivity index is 1.37. The van der Waals surface area contributed by atoms with Gasteiger partial charge in [-0.3, -0.25) is 9.59 Å². The molecule has 30 heavy (non-hydrogen) atoms. The van der Waals surface area contributed by atoms with E-state index in [9.17, 15) is 18.4 Å². The van der Waals surface area contributed by atoms with E-state index in [4.69, 9.17) is 4.74 Å². The minimum absolute atomic E-state index is 0.0674. The number of likely N-dealkylation sites (tertiary alicyclic amines) is 1. The predicted molar refractivity (Wildman–Crippen MR) is 109 cm³/mol. The van der Waals surface area contributed by atoms with Gasteiger partial charge in [0.25, 0.3) is 5.91 Å². The van der Waals surface area contributed by atoms with Gasteiger partial charge >= 0.3 is 0 Å². The lowest BCUT2D eigenvalue weighted by molar-refractivity contribution is -0.132. The summed E-state index contributed by atoms with van der Waals surface area (Å²) in [7, 11) is 0. The number of para-hydroxylation sites is 1. The number of hydrogen-bond donors (Lipinski definition) is 1. The fourth-order valence-corrected chi connectivity index (χ4v) is 3.49. The van der Waals surface area contributed by atoms with Crippen LogP contribution in [0.5, 0.6) is 5.75 Å². The van der Waals surface area contributed by atoms with Crippen molar-refractivity contribution in [1.29, 1.82) is 0 Å². The molecule has 1 heterocycles. The average Bonchev–Trinajstić information content (AvgIpc) is 2.72. The molecule has 1 N–H and O–H groups in total. The van der Waals surface area contributed by atoms with Crippen molar-refractivity contribution in [3.63, 3.8) is 0 Å². The molecule has 0 bridgehead atoms. The van der Waals surface area contributed by atoms with Gasteiger partial charge in [0.05, 0.1) is 12.2 Å². The number of carbonyl (C=O) groups is 2. The number of halogens is 2. The molecule has 2 aromatic carbocycles. The van der Waals surface area contributed by atoms with Crippen molar-refractivity contribution in [3.8, 4) is 5.75 Å². The lowest BCUT2D eigenvalue weighted by atomic mass is 10.0. The number of carbonyl (C=O) groups excluding carboxylic acids is 2. The van der Waals surface area contributed by atoms with Crippen molar-refractivity contribution in [2.24, 2.45) is 0 Å². The van der Waals surface area contributed by atoms with E-state index in [0.717, 1.165) is 23.4 Å². The van der Waals surface area contributed by atoms with Crippen LogP contribution in [0.1, 0.15) is 41.6 Å². The Labute approximate surface area is 175 Å². The van der Waals surface area contributed by atoms with Crippen LogP contribution in [-0.4, -0.2) is 42.5 Å². The second-order valence-corrected chi connectivity index (χ2v) is 7.47. The maximum atomic E-state index is 13.7. The number of nitrogens with one attached hydrogen (secondary N) is 1. The van der Waals surface area contributed by atoms with Crippen molar-refractivity contribution in [2.45, 2.75) is 38.6 Å². The van der Waals surface area contributed by atoms with Crippen LogP contribution in [0.3, 0.4) is 0 Å². The molecule has 0 aliphatic carbocycles. The van der Waals surface area contributed by atoms with E-state index in [1.54, 1.807) is 4.90 Å². The molecule has 160 valence electrons. The number of aryl methyl sites for hydroxylation is 1. The van der Waals surface area contributed by atoms with Gasteiger partial charge in [-0.25, -0.2) is 8.78 Å². The number of ether oxygens (including phenoxy) is 1. The highest BCUT2D eigenvalue weighted by molar-refractivity contribution is 5.94. The Morgan fingerprint density at radius 3 is 2.57 bits per heavy atom. The van der Waals surface area contributed by atoms with Crippen LogP contribution in [0.4, 0.5) is 8.78 Å². The van der Waals surface area contributed by atoms with E-state index in [1.165, 1.54) is 0 Å². The van der Waals surface area contributed by atoms with Gasteiger partial charge in [-0.1, -0.05) is 18.2 Å². The molecule has 7 heteroatoms. The predicted octanol–water partition coefficient (Wildman–Crippen LogP) is 3.85. The molecule has 0 unspecified atom stereocenters. The zero-order valence-corrected chi connectivity index (χ0v) is 17.0. The van der Waals surface area contributed by atoms with Gasteiger partial charge in [0.15, 0.2) is 0 Å². The minimum atomic E-state index is -0.881. The SMILES string of the molecule is Cc1ccccc1OCCCC(=O)N1CCC(NC(=O)c2ccc(F)cc2F)CC1. The van der Waals surface area contributed by atoms with Crippen LogP contribution in [0, 0.1) is 18.6 Å². The summed E-state index contributed by atoms with van der Waals surface area (Å²) in [5.74, 6) is -1.27. The average molecular weight is 416 g/mol. The van der Waals surface area contributed by atoms with Crippen LogP contribution in [0.2, 0.25) is 0 Å². The van der Waals surface area contributed by atoms with Crippen LogP contribution in [0.15, 0.2) is 42.5 Å². The first kappa shape index (κ1) is 21.7. The largest absolute Gasteiger partial charge is 0.493 e. The second kappa shape index (κ2) is 10.2. The summed E-state index contributed by atoms with van der Waals surface area (Å²) in [5.41, 5.74) is 0.886. The van der Waals surface area contributed by atoms with Gasteiger partial charge < -0.3 is 15.0 Å². The lowest BCUT2D eigenvalue weighted by Crippen LogP contribution is -2.46. The molecular formula is C23H26F2N2O3. The molecule has 5 nitrogen and oxygen atoms in total. The molecular weight excluding hydrogens is 390 g/mol. The third-order valence-corrected chi connectivity index (χ3v) is 5.24. The van der Waals surface area contributed by atoms with Crippen molar-refractivity contribution in [1.82, 2.24) is 10.2 Å². The summed E-state index contributed by atoms with van der Waals surface area (Å²) in [5, 5.41) is 2.77. The maximum absolute atomic E-state index is 13.7. The standard InChI is InChI=1S/C23H26F2N2O3/c1-16-5-2-3-6-21(16)30-14-4-7-22(28)27-12-10-18(11-13-27)26-23(29)19-9-8-17(24)15-20(19)25/h2-3,5-6,8-9,15,18H,4,7,10-14H2,1H3,(H,26,29). The first-order valence-corrected chi connectivity index (χ1v) is 10.2. The zero-order valence-electron chi connectivity index (χ0n) is 17.0. The fraction of sp³-hybridized carbons (Fsp3) is 0.391. The topological polar surface area (TPSA) is 58.6 Å². The quantitative estimate of drug-likeness (QED) is 0.698. The molecule has 0 saturated carbocycles. The van der Waals surface area contributed by atoms with E-state index in [-0.39, 0.29) is 17.5 Å². The number of benzene rings is 2. The third-order valence-electron chi connectivity index (χ3n) is 5.24. The third kappa shape index (κ3) is 5.78.